The molecule has 1 fully saturated rings. The predicted molar refractivity (Wildman–Crippen MR) is 72.6 cm³/mol. The third-order valence-electron chi connectivity index (χ3n) is 3.87. The first-order valence-corrected chi connectivity index (χ1v) is 6.70. The fraction of sp³-hybridized carbons (Fsp3) is 0.615. The first kappa shape index (κ1) is 14.5. The van der Waals surface area contributed by atoms with Crippen molar-refractivity contribution in [2.75, 3.05) is 6.61 Å². The molecule has 0 unspecified atom stereocenters. The average Bonchev–Trinajstić information content (AvgIpc) is 2.32. The minimum atomic E-state index is -0.547. The van der Waals surface area contributed by atoms with Crippen molar-refractivity contribution in [2.24, 2.45) is 0 Å². The number of amides is 1. The lowest BCUT2D eigenvalue weighted by atomic mass is 9.77. The number of nitrogens with one attached hydrogen (secondary N) is 3. The van der Waals surface area contributed by atoms with Crippen LogP contribution < -0.4 is 16.6 Å². The number of hydrogen-bond acceptors (Lipinski definition) is 4. The quantitative estimate of drug-likeness (QED) is 0.573. The molecule has 0 aliphatic heterocycles. The van der Waals surface area contributed by atoms with E-state index in [1.54, 1.807) is 6.92 Å². The number of hydrogen-bond donors (Lipinski definition) is 4. The van der Waals surface area contributed by atoms with Crippen molar-refractivity contribution in [1.82, 2.24) is 15.3 Å². The summed E-state index contributed by atoms with van der Waals surface area (Å²) in [6, 6.07) is 0. The molecule has 2 rings (SSSR count). The van der Waals surface area contributed by atoms with Gasteiger partial charge in [0.1, 0.15) is 0 Å². The van der Waals surface area contributed by atoms with Gasteiger partial charge < -0.3 is 15.4 Å². The van der Waals surface area contributed by atoms with Crippen LogP contribution in [0.4, 0.5) is 0 Å². The third kappa shape index (κ3) is 2.98. The highest BCUT2D eigenvalue weighted by Crippen LogP contribution is 2.31. The van der Waals surface area contributed by atoms with Crippen LogP contribution in [0.5, 0.6) is 0 Å². The van der Waals surface area contributed by atoms with Gasteiger partial charge in [-0.15, -0.1) is 0 Å². The molecule has 20 heavy (non-hydrogen) atoms. The van der Waals surface area contributed by atoms with Crippen LogP contribution in [-0.4, -0.2) is 33.1 Å². The molecule has 1 amide bonds. The Morgan fingerprint density at radius 2 is 2.05 bits per heavy atom. The van der Waals surface area contributed by atoms with Crippen LogP contribution in [0.15, 0.2) is 9.59 Å². The number of aryl methyl sites for hydroxylation is 1. The minimum Gasteiger partial charge on any atom is -0.394 e. The standard InChI is InChI=1S/C13H19N3O4/c1-8-9(11(19)15-12(20)14-8)3-4-10(18)16-13(7-17)5-2-6-13/h17H,2-7H2,1H3,(H,16,18)(H2,14,15,19,20). The van der Waals surface area contributed by atoms with Crippen LogP contribution in [-0.2, 0) is 11.2 Å². The Morgan fingerprint density at radius 1 is 1.35 bits per heavy atom. The van der Waals surface area contributed by atoms with Gasteiger partial charge in [0, 0.05) is 17.7 Å². The van der Waals surface area contributed by atoms with Crippen molar-refractivity contribution in [3.8, 4) is 0 Å². The Labute approximate surface area is 115 Å². The molecule has 4 N–H and O–H groups in total. The molecular formula is C13H19N3O4. The zero-order valence-electron chi connectivity index (χ0n) is 11.4. The van der Waals surface area contributed by atoms with Gasteiger partial charge in [-0.2, -0.15) is 0 Å². The minimum absolute atomic E-state index is 0.0585. The lowest BCUT2D eigenvalue weighted by Gasteiger charge is -2.41. The monoisotopic (exact) mass is 281 g/mol. The number of aliphatic hydroxyl groups is 1. The summed E-state index contributed by atoms with van der Waals surface area (Å²) in [4.78, 5) is 39.2. The van der Waals surface area contributed by atoms with Crippen LogP contribution >= 0.6 is 0 Å². The summed E-state index contributed by atoms with van der Waals surface area (Å²) in [5, 5.41) is 12.1. The van der Waals surface area contributed by atoms with Gasteiger partial charge in [0.25, 0.3) is 5.56 Å². The van der Waals surface area contributed by atoms with E-state index in [0.717, 1.165) is 19.3 Å². The molecular weight excluding hydrogens is 262 g/mol. The molecule has 1 saturated carbocycles. The highest BCUT2D eigenvalue weighted by Gasteiger charge is 2.37. The van der Waals surface area contributed by atoms with Crippen molar-refractivity contribution >= 4 is 5.91 Å². The molecule has 7 heteroatoms. The molecule has 0 radical (unpaired) electrons. The summed E-state index contributed by atoms with van der Waals surface area (Å²) < 4.78 is 0. The van der Waals surface area contributed by atoms with Gasteiger partial charge in [-0.1, -0.05) is 0 Å². The Balaban J connectivity index is 1.97. The van der Waals surface area contributed by atoms with E-state index in [0.29, 0.717) is 11.3 Å². The SMILES string of the molecule is Cc1[nH]c(=O)[nH]c(=O)c1CCC(=O)NC1(CO)CCC1. The Morgan fingerprint density at radius 3 is 2.55 bits per heavy atom. The van der Waals surface area contributed by atoms with E-state index in [2.05, 4.69) is 15.3 Å². The topological polar surface area (TPSA) is 115 Å². The second-order valence-corrected chi connectivity index (χ2v) is 5.35. The van der Waals surface area contributed by atoms with E-state index in [1.807, 2.05) is 0 Å². The molecule has 110 valence electrons. The number of carbonyl (C=O) groups is 1. The van der Waals surface area contributed by atoms with Crippen LogP contribution in [0.3, 0.4) is 0 Å². The first-order valence-electron chi connectivity index (χ1n) is 6.70. The van der Waals surface area contributed by atoms with Crippen molar-refractivity contribution in [1.29, 1.82) is 0 Å². The van der Waals surface area contributed by atoms with E-state index in [-0.39, 0.29) is 25.4 Å². The lowest BCUT2D eigenvalue weighted by Crippen LogP contribution is -2.56. The first-order chi connectivity index (χ1) is 9.46. The van der Waals surface area contributed by atoms with Crippen LogP contribution in [0.2, 0.25) is 0 Å². The summed E-state index contributed by atoms with van der Waals surface area (Å²) in [5.74, 6) is -0.191. The lowest BCUT2D eigenvalue weighted by molar-refractivity contribution is -0.125. The average molecular weight is 281 g/mol. The maximum Gasteiger partial charge on any atom is 0.325 e. The van der Waals surface area contributed by atoms with E-state index in [4.69, 9.17) is 0 Å². The fourth-order valence-electron chi connectivity index (χ4n) is 2.45. The van der Waals surface area contributed by atoms with Gasteiger partial charge >= 0.3 is 5.69 Å². The highest BCUT2D eigenvalue weighted by atomic mass is 16.3. The van der Waals surface area contributed by atoms with E-state index >= 15 is 0 Å². The maximum atomic E-state index is 11.9. The Hall–Kier alpha value is -1.89. The van der Waals surface area contributed by atoms with E-state index in [1.165, 1.54) is 0 Å². The van der Waals surface area contributed by atoms with Crippen molar-refractivity contribution < 1.29 is 9.90 Å². The third-order valence-corrected chi connectivity index (χ3v) is 3.87. The number of aromatic amines is 2. The highest BCUT2D eigenvalue weighted by molar-refractivity contribution is 5.77. The predicted octanol–water partition coefficient (Wildman–Crippen LogP) is -0.665. The maximum absolute atomic E-state index is 11.9. The summed E-state index contributed by atoms with van der Waals surface area (Å²) in [5.41, 5.74) is -0.587. The summed E-state index contributed by atoms with van der Waals surface area (Å²) in [6.07, 6.45) is 2.98. The second-order valence-electron chi connectivity index (χ2n) is 5.35. The second kappa shape index (κ2) is 5.62. The molecule has 0 atom stereocenters. The van der Waals surface area contributed by atoms with Crippen molar-refractivity contribution in [3.05, 3.63) is 32.1 Å². The van der Waals surface area contributed by atoms with Crippen LogP contribution in [0.25, 0.3) is 0 Å². The molecule has 0 aromatic carbocycles. The van der Waals surface area contributed by atoms with Gasteiger partial charge in [0.05, 0.1) is 12.1 Å². The molecule has 1 aliphatic carbocycles. The van der Waals surface area contributed by atoms with Gasteiger partial charge in [-0.3, -0.25) is 14.6 Å². The van der Waals surface area contributed by atoms with E-state index in [9.17, 15) is 19.5 Å². The fourth-order valence-corrected chi connectivity index (χ4v) is 2.45. The number of aromatic nitrogens is 2. The molecule has 0 spiro atoms. The molecule has 0 saturated heterocycles. The molecule has 1 aromatic rings. The zero-order chi connectivity index (χ0) is 14.8. The summed E-state index contributed by atoms with van der Waals surface area (Å²) in [7, 11) is 0. The number of aliphatic hydroxyl groups excluding tert-OH is 1. The zero-order valence-corrected chi connectivity index (χ0v) is 11.4. The smallest absolute Gasteiger partial charge is 0.325 e. The molecule has 1 aliphatic rings. The van der Waals surface area contributed by atoms with Gasteiger partial charge in [0.15, 0.2) is 0 Å². The Bertz CT molecular complexity index is 607. The largest absolute Gasteiger partial charge is 0.394 e. The van der Waals surface area contributed by atoms with Crippen LogP contribution in [0.1, 0.15) is 36.9 Å². The van der Waals surface area contributed by atoms with E-state index < -0.39 is 16.8 Å². The molecule has 1 heterocycles. The van der Waals surface area contributed by atoms with Crippen molar-refractivity contribution in [3.63, 3.8) is 0 Å². The number of rotatable bonds is 5. The van der Waals surface area contributed by atoms with Gasteiger partial charge in [-0.25, -0.2) is 4.79 Å². The number of carbonyl (C=O) groups excluding carboxylic acids is 1. The Kier molecular flexibility index (Phi) is 4.08. The number of H-pyrrole nitrogens is 2. The van der Waals surface area contributed by atoms with Gasteiger partial charge in [0.2, 0.25) is 5.91 Å². The van der Waals surface area contributed by atoms with Crippen molar-refractivity contribution in [2.45, 2.75) is 44.6 Å². The van der Waals surface area contributed by atoms with Crippen LogP contribution in [0, 0.1) is 6.92 Å². The normalized spacial score (nSPS) is 16.5. The summed E-state index contributed by atoms with van der Waals surface area (Å²) in [6.45, 7) is 1.57. The molecule has 0 bridgehead atoms. The van der Waals surface area contributed by atoms with Gasteiger partial charge in [-0.05, 0) is 32.6 Å². The summed E-state index contributed by atoms with van der Waals surface area (Å²) >= 11 is 0. The molecule has 1 aromatic heterocycles. The molecule has 7 nitrogen and oxygen atoms in total.